The predicted octanol–water partition coefficient (Wildman–Crippen LogP) is 3.44. The van der Waals surface area contributed by atoms with Gasteiger partial charge in [-0.1, -0.05) is 42.5 Å². The van der Waals surface area contributed by atoms with E-state index in [4.69, 9.17) is 9.47 Å². The van der Waals surface area contributed by atoms with Gasteiger partial charge in [-0.25, -0.2) is 0 Å². The van der Waals surface area contributed by atoms with E-state index in [1.807, 2.05) is 30.3 Å². The van der Waals surface area contributed by atoms with E-state index in [1.165, 1.54) is 6.92 Å². The maximum Gasteiger partial charge on any atom is 0.189 e. The van der Waals surface area contributed by atoms with E-state index in [0.29, 0.717) is 17.9 Å². The minimum Gasteiger partial charge on any atom is -0.468 e. The van der Waals surface area contributed by atoms with Crippen molar-refractivity contribution in [3.05, 3.63) is 65.7 Å². The molecule has 2 rings (SSSR count). The van der Waals surface area contributed by atoms with Crippen molar-refractivity contribution < 1.29 is 14.3 Å². The van der Waals surface area contributed by atoms with Crippen molar-refractivity contribution >= 4 is 5.78 Å². The standard InChI is InChI=1S/C16H16O3/c1-13(17)15-8-5-9-16(10-15)19-12-18-11-14-6-3-2-4-7-14/h2-10H,11-12H2,1H3. The van der Waals surface area contributed by atoms with E-state index >= 15 is 0 Å². The van der Waals surface area contributed by atoms with Crippen LogP contribution in [0.15, 0.2) is 54.6 Å². The lowest BCUT2D eigenvalue weighted by Gasteiger charge is -2.08. The fourth-order valence-corrected chi connectivity index (χ4v) is 1.65. The molecular formula is C16H16O3. The molecule has 0 fully saturated rings. The molecule has 0 N–H and O–H groups in total. The van der Waals surface area contributed by atoms with E-state index in [0.717, 1.165) is 5.56 Å². The molecule has 0 bridgehead atoms. The fraction of sp³-hybridized carbons (Fsp3) is 0.188. The third kappa shape index (κ3) is 4.23. The highest BCUT2D eigenvalue weighted by Crippen LogP contribution is 2.14. The molecule has 0 amide bonds. The molecule has 98 valence electrons. The minimum atomic E-state index is 0.0238. The fourth-order valence-electron chi connectivity index (χ4n) is 1.65. The first-order valence-electron chi connectivity index (χ1n) is 6.11. The maximum atomic E-state index is 11.2. The zero-order chi connectivity index (χ0) is 13.5. The van der Waals surface area contributed by atoms with Crippen molar-refractivity contribution in [2.75, 3.05) is 6.79 Å². The van der Waals surface area contributed by atoms with Gasteiger partial charge in [0.2, 0.25) is 0 Å². The first-order valence-corrected chi connectivity index (χ1v) is 6.11. The van der Waals surface area contributed by atoms with Gasteiger partial charge in [0.15, 0.2) is 12.6 Å². The summed E-state index contributed by atoms with van der Waals surface area (Å²) in [7, 11) is 0. The Morgan fingerprint density at radius 2 is 1.84 bits per heavy atom. The predicted molar refractivity (Wildman–Crippen MR) is 73.2 cm³/mol. The average molecular weight is 256 g/mol. The molecule has 0 aliphatic rings. The van der Waals surface area contributed by atoms with E-state index < -0.39 is 0 Å². The molecule has 0 radical (unpaired) electrons. The number of hydrogen-bond acceptors (Lipinski definition) is 3. The number of benzene rings is 2. The highest BCUT2D eigenvalue weighted by molar-refractivity contribution is 5.94. The van der Waals surface area contributed by atoms with Crippen LogP contribution in [0.1, 0.15) is 22.8 Å². The van der Waals surface area contributed by atoms with Crippen LogP contribution in [-0.2, 0) is 11.3 Å². The van der Waals surface area contributed by atoms with Crippen molar-refractivity contribution in [1.82, 2.24) is 0 Å². The number of Topliss-reactive ketones (excluding diaryl/α,β-unsaturated/α-hetero) is 1. The van der Waals surface area contributed by atoms with Gasteiger partial charge in [-0.15, -0.1) is 0 Å². The molecule has 0 atom stereocenters. The lowest BCUT2D eigenvalue weighted by molar-refractivity contribution is 0.00501. The molecule has 2 aromatic rings. The van der Waals surface area contributed by atoms with Crippen molar-refractivity contribution in [3.63, 3.8) is 0 Å². The number of carbonyl (C=O) groups is 1. The number of carbonyl (C=O) groups excluding carboxylic acids is 1. The van der Waals surface area contributed by atoms with Crippen LogP contribution in [0.4, 0.5) is 0 Å². The molecule has 3 nitrogen and oxygen atoms in total. The van der Waals surface area contributed by atoms with Crippen LogP contribution in [0, 0.1) is 0 Å². The van der Waals surface area contributed by atoms with Crippen LogP contribution in [0.2, 0.25) is 0 Å². The van der Waals surface area contributed by atoms with Crippen molar-refractivity contribution in [2.45, 2.75) is 13.5 Å². The second-order valence-electron chi connectivity index (χ2n) is 4.18. The highest BCUT2D eigenvalue weighted by Gasteiger charge is 2.01. The van der Waals surface area contributed by atoms with Gasteiger partial charge in [0, 0.05) is 5.56 Å². The number of hydrogen-bond donors (Lipinski definition) is 0. The SMILES string of the molecule is CC(=O)c1cccc(OCOCc2ccccc2)c1. The maximum absolute atomic E-state index is 11.2. The van der Waals surface area contributed by atoms with Crippen LogP contribution in [0.3, 0.4) is 0 Å². The molecule has 3 heteroatoms. The van der Waals surface area contributed by atoms with Crippen LogP contribution in [0.5, 0.6) is 5.75 Å². The zero-order valence-corrected chi connectivity index (χ0v) is 10.8. The molecule has 0 spiro atoms. The number of ketones is 1. The summed E-state index contributed by atoms with van der Waals surface area (Å²) in [5, 5.41) is 0. The largest absolute Gasteiger partial charge is 0.468 e. The van der Waals surface area contributed by atoms with Crippen LogP contribution >= 0.6 is 0 Å². The summed E-state index contributed by atoms with van der Waals surface area (Å²) in [6, 6.07) is 17.0. The zero-order valence-electron chi connectivity index (χ0n) is 10.8. The Morgan fingerprint density at radius 1 is 1.05 bits per heavy atom. The van der Waals surface area contributed by atoms with Gasteiger partial charge in [0.05, 0.1) is 6.61 Å². The Kier molecular flexibility index (Phi) is 4.70. The summed E-state index contributed by atoms with van der Waals surface area (Å²) in [6.45, 7) is 2.20. The van der Waals surface area contributed by atoms with Crippen molar-refractivity contribution in [3.8, 4) is 5.75 Å². The van der Waals surface area contributed by atoms with E-state index in [9.17, 15) is 4.79 Å². The van der Waals surface area contributed by atoms with E-state index in [1.54, 1.807) is 24.3 Å². The van der Waals surface area contributed by atoms with Gasteiger partial charge in [-0.3, -0.25) is 4.79 Å². The first kappa shape index (κ1) is 13.3. The monoisotopic (exact) mass is 256 g/mol. The topological polar surface area (TPSA) is 35.5 Å². The van der Waals surface area contributed by atoms with E-state index in [2.05, 4.69) is 0 Å². The molecule has 0 heterocycles. The molecule has 0 saturated carbocycles. The van der Waals surface area contributed by atoms with Gasteiger partial charge in [0.25, 0.3) is 0 Å². The summed E-state index contributed by atoms with van der Waals surface area (Å²) in [6.07, 6.45) is 0. The molecule has 0 saturated heterocycles. The molecule has 0 unspecified atom stereocenters. The molecule has 0 aliphatic heterocycles. The van der Waals surface area contributed by atoms with Crippen LogP contribution < -0.4 is 4.74 Å². The van der Waals surface area contributed by atoms with Crippen LogP contribution in [-0.4, -0.2) is 12.6 Å². The second kappa shape index (κ2) is 6.71. The van der Waals surface area contributed by atoms with Gasteiger partial charge < -0.3 is 9.47 Å². The van der Waals surface area contributed by atoms with Gasteiger partial charge >= 0.3 is 0 Å². The molecule has 0 aromatic heterocycles. The molecule has 0 aliphatic carbocycles. The molecular weight excluding hydrogens is 240 g/mol. The van der Waals surface area contributed by atoms with Crippen molar-refractivity contribution in [1.29, 1.82) is 0 Å². The quantitative estimate of drug-likeness (QED) is 0.451. The van der Waals surface area contributed by atoms with Gasteiger partial charge in [-0.05, 0) is 24.6 Å². The van der Waals surface area contributed by atoms with Crippen LogP contribution in [0.25, 0.3) is 0 Å². The van der Waals surface area contributed by atoms with E-state index in [-0.39, 0.29) is 12.6 Å². The Hall–Kier alpha value is -2.13. The highest BCUT2D eigenvalue weighted by atomic mass is 16.7. The van der Waals surface area contributed by atoms with Gasteiger partial charge in [-0.2, -0.15) is 0 Å². The number of ether oxygens (including phenoxy) is 2. The first-order chi connectivity index (χ1) is 9.25. The Labute approximate surface area is 112 Å². The third-order valence-electron chi connectivity index (χ3n) is 2.66. The summed E-state index contributed by atoms with van der Waals surface area (Å²) in [5.41, 5.74) is 1.74. The average Bonchev–Trinajstić information content (AvgIpc) is 2.45. The molecule has 2 aromatic carbocycles. The normalized spacial score (nSPS) is 10.2. The molecule has 19 heavy (non-hydrogen) atoms. The summed E-state index contributed by atoms with van der Waals surface area (Å²) in [4.78, 5) is 11.2. The summed E-state index contributed by atoms with van der Waals surface area (Å²) < 4.78 is 10.9. The lowest BCUT2D eigenvalue weighted by Crippen LogP contribution is -2.03. The summed E-state index contributed by atoms with van der Waals surface area (Å²) >= 11 is 0. The number of rotatable bonds is 6. The smallest absolute Gasteiger partial charge is 0.189 e. The lowest BCUT2D eigenvalue weighted by atomic mass is 10.1. The third-order valence-corrected chi connectivity index (χ3v) is 2.66. The van der Waals surface area contributed by atoms with Gasteiger partial charge in [0.1, 0.15) is 5.75 Å². The Balaban J connectivity index is 1.80. The minimum absolute atomic E-state index is 0.0238. The van der Waals surface area contributed by atoms with Crippen molar-refractivity contribution in [2.24, 2.45) is 0 Å². The Morgan fingerprint density at radius 3 is 2.58 bits per heavy atom. The second-order valence-corrected chi connectivity index (χ2v) is 4.18. The summed E-state index contributed by atoms with van der Waals surface area (Å²) in [5.74, 6) is 0.663. The Bertz CT molecular complexity index is 535.